The maximum absolute atomic E-state index is 12.9. The lowest BCUT2D eigenvalue weighted by Gasteiger charge is -2.42. The van der Waals surface area contributed by atoms with Gasteiger partial charge < -0.3 is 64.2 Å². The van der Waals surface area contributed by atoms with Crippen LogP contribution in [-0.2, 0) is 33.2 Å². The first-order valence-electron chi connectivity index (χ1n) is 26.2. The van der Waals surface area contributed by atoms with E-state index in [0.29, 0.717) is 13.0 Å². The lowest BCUT2D eigenvalue weighted by Crippen LogP contribution is -2.61. The maximum atomic E-state index is 12.9. The third-order valence-corrected chi connectivity index (χ3v) is 12.4. The lowest BCUT2D eigenvalue weighted by atomic mass is 9.98. The second-order valence-electron chi connectivity index (χ2n) is 18.3. The van der Waals surface area contributed by atoms with E-state index >= 15 is 0 Å². The summed E-state index contributed by atoms with van der Waals surface area (Å²) in [6, 6.07) is 0. The van der Waals surface area contributed by atoms with Crippen LogP contribution in [0.15, 0.2) is 48.6 Å². The van der Waals surface area contributed by atoms with Crippen LogP contribution in [0, 0.1) is 0 Å². The van der Waals surface area contributed by atoms with Crippen LogP contribution in [0.4, 0.5) is 0 Å². The van der Waals surface area contributed by atoms with Gasteiger partial charge in [0.1, 0.15) is 54.9 Å². The van der Waals surface area contributed by atoms with Crippen molar-refractivity contribution in [1.82, 2.24) is 0 Å². The molecule has 2 saturated heterocycles. The average molecular weight is 955 g/mol. The minimum atomic E-state index is -1.71. The Labute approximate surface area is 403 Å². The molecule has 11 atom stereocenters. The number of esters is 1. The Bertz CT molecular complexity index is 1290. The van der Waals surface area contributed by atoms with Crippen LogP contribution < -0.4 is 0 Å². The van der Waals surface area contributed by atoms with Crippen LogP contribution in [0.25, 0.3) is 0 Å². The maximum Gasteiger partial charge on any atom is 0.306 e. The number of carbonyl (C=O) groups excluding carboxylic acids is 1. The zero-order valence-corrected chi connectivity index (χ0v) is 41.4. The predicted molar refractivity (Wildman–Crippen MR) is 261 cm³/mol. The zero-order valence-electron chi connectivity index (χ0n) is 41.4. The van der Waals surface area contributed by atoms with Crippen LogP contribution in [-0.4, -0.2) is 142 Å². The smallest absolute Gasteiger partial charge is 0.306 e. The molecule has 0 radical (unpaired) electrons. The molecule has 2 aliphatic heterocycles. The second kappa shape index (κ2) is 40.7. The molecule has 2 aliphatic rings. The molecule has 2 rings (SSSR count). The zero-order chi connectivity index (χ0) is 48.7. The summed E-state index contributed by atoms with van der Waals surface area (Å²) in [4.78, 5) is 12.9. The van der Waals surface area contributed by atoms with E-state index in [-0.39, 0.29) is 25.6 Å². The monoisotopic (exact) mass is 955 g/mol. The van der Waals surface area contributed by atoms with Gasteiger partial charge in [0.2, 0.25) is 0 Å². The van der Waals surface area contributed by atoms with Gasteiger partial charge in [-0.05, 0) is 51.4 Å². The fourth-order valence-electron chi connectivity index (χ4n) is 8.10. The number of hydrogen-bond acceptors (Lipinski definition) is 14. The van der Waals surface area contributed by atoms with Crippen LogP contribution in [0.5, 0.6) is 0 Å². The SMILES string of the molecule is CC/C=C\C/C=C\C/C=C\C/C=C\CCCCCCCCCCCCCOCC(COC1OC(COC2OC(CO)C(O)C(O)C2O)C(O)C(O)C1O)OC(=O)CCCCCCCCCCC. The molecule has 0 aromatic rings. The van der Waals surface area contributed by atoms with Crippen molar-refractivity contribution < 1.29 is 69.0 Å². The molecule has 0 spiro atoms. The van der Waals surface area contributed by atoms with E-state index in [9.17, 15) is 40.5 Å². The summed E-state index contributed by atoms with van der Waals surface area (Å²) in [5.74, 6) is -0.381. The first-order valence-corrected chi connectivity index (χ1v) is 26.2. The fraction of sp³-hybridized carbons (Fsp3) is 0.830. The Hall–Kier alpha value is -2.05. The number of rotatable bonds is 41. The van der Waals surface area contributed by atoms with Crippen LogP contribution >= 0.6 is 0 Å². The van der Waals surface area contributed by atoms with Crippen molar-refractivity contribution in [3.8, 4) is 0 Å². The highest BCUT2D eigenvalue weighted by Crippen LogP contribution is 2.26. The number of allylic oxidation sites excluding steroid dienone is 8. The molecule has 7 N–H and O–H groups in total. The number of aliphatic hydroxyl groups is 7. The van der Waals surface area contributed by atoms with Gasteiger partial charge in [-0.15, -0.1) is 0 Å². The highest BCUT2D eigenvalue weighted by Gasteiger charge is 2.47. The third-order valence-electron chi connectivity index (χ3n) is 12.4. The van der Waals surface area contributed by atoms with Gasteiger partial charge >= 0.3 is 5.97 Å². The molecule has 0 saturated carbocycles. The Morgan fingerprint density at radius 2 is 0.970 bits per heavy atom. The molecule has 0 aromatic heterocycles. The van der Waals surface area contributed by atoms with Gasteiger partial charge in [-0.2, -0.15) is 0 Å². The Morgan fingerprint density at radius 1 is 0.507 bits per heavy atom. The largest absolute Gasteiger partial charge is 0.457 e. The molecular weight excluding hydrogens is 861 g/mol. The molecule has 2 heterocycles. The quantitative estimate of drug-likeness (QED) is 0.0176. The number of unbranched alkanes of at least 4 members (excludes halogenated alkanes) is 19. The van der Waals surface area contributed by atoms with E-state index in [1.54, 1.807) is 0 Å². The van der Waals surface area contributed by atoms with Gasteiger partial charge in [-0.1, -0.05) is 172 Å². The van der Waals surface area contributed by atoms with Crippen molar-refractivity contribution in [2.75, 3.05) is 33.0 Å². The average Bonchev–Trinajstić information content (AvgIpc) is 3.32. The van der Waals surface area contributed by atoms with E-state index in [1.165, 1.54) is 83.5 Å². The number of carbonyl (C=O) groups is 1. The van der Waals surface area contributed by atoms with E-state index in [4.69, 9.17) is 28.4 Å². The fourth-order valence-corrected chi connectivity index (χ4v) is 8.10. The Morgan fingerprint density at radius 3 is 1.52 bits per heavy atom. The van der Waals surface area contributed by atoms with Crippen LogP contribution in [0.3, 0.4) is 0 Å². The minimum Gasteiger partial charge on any atom is -0.457 e. The molecule has 14 heteroatoms. The molecule has 0 aliphatic carbocycles. The van der Waals surface area contributed by atoms with Gasteiger partial charge in [-0.25, -0.2) is 0 Å². The molecule has 0 amide bonds. The summed E-state index contributed by atoms with van der Waals surface area (Å²) in [6.45, 7) is 3.54. The molecular formula is C53H94O14. The summed E-state index contributed by atoms with van der Waals surface area (Å²) in [7, 11) is 0. The molecule has 11 unspecified atom stereocenters. The van der Waals surface area contributed by atoms with Gasteiger partial charge in [0.25, 0.3) is 0 Å². The first kappa shape index (κ1) is 61.1. The summed E-state index contributed by atoms with van der Waals surface area (Å²) in [5, 5.41) is 72.0. The molecule has 0 aromatic carbocycles. The molecule has 0 bridgehead atoms. The summed E-state index contributed by atoms with van der Waals surface area (Å²) >= 11 is 0. The summed E-state index contributed by atoms with van der Waals surface area (Å²) in [5.41, 5.74) is 0. The summed E-state index contributed by atoms with van der Waals surface area (Å²) in [6.07, 6.45) is 30.5. The van der Waals surface area contributed by atoms with Crippen molar-refractivity contribution in [2.24, 2.45) is 0 Å². The standard InChI is InChI=1S/C53H94O14/c1-3-5-7-9-11-13-14-15-16-17-18-19-20-21-22-23-24-25-26-27-29-31-33-35-37-62-39-42(65-45(55)36-34-32-30-28-12-10-8-6-4-2)40-63-52-51(61)49(59)47(57)44(67-52)41-64-53-50(60)48(58)46(56)43(38-54)66-53/h5,7,11,13,15-16,18-19,42-44,46-54,56-61H,3-4,6,8-10,12,14,17,20-41H2,1-2H3/b7-5-,13-11-,16-15-,19-18-. The van der Waals surface area contributed by atoms with Crippen molar-refractivity contribution in [2.45, 2.75) is 248 Å². The van der Waals surface area contributed by atoms with E-state index in [2.05, 4.69) is 62.5 Å². The molecule has 14 nitrogen and oxygen atoms in total. The lowest BCUT2D eigenvalue weighted by molar-refractivity contribution is -0.332. The second-order valence-corrected chi connectivity index (χ2v) is 18.3. The first-order chi connectivity index (χ1) is 32.6. The van der Waals surface area contributed by atoms with Crippen molar-refractivity contribution in [3.05, 3.63) is 48.6 Å². The van der Waals surface area contributed by atoms with Gasteiger partial charge in [-0.3, -0.25) is 4.79 Å². The van der Waals surface area contributed by atoms with Crippen molar-refractivity contribution >= 4 is 5.97 Å². The van der Waals surface area contributed by atoms with Gasteiger partial charge in [0.05, 0.1) is 26.4 Å². The number of ether oxygens (including phenoxy) is 6. The molecule has 390 valence electrons. The normalized spacial score (nSPS) is 26.5. The van der Waals surface area contributed by atoms with Gasteiger partial charge in [0, 0.05) is 13.0 Å². The van der Waals surface area contributed by atoms with E-state index < -0.39 is 80.7 Å². The summed E-state index contributed by atoms with van der Waals surface area (Å²) < 4.78 is 34.2. The molecule has 2 fully saturated rings. The minimum absolute atomic E-state index is 0.0601. The van der Waals surface area contributed by atoms with E-state index in [0.717, 1.165) is 70.6 Å². The highest BCUT2D eigenvalue weighted by atomic mass is 16.7. The highest BCUT2D eigenvalue weighted by molar-refractivity contribution is 5.69. The van der Waals surface area contributed by atoms with Crippen LogP contribution in [0.2, 0.25) is 0 Å². The van der Waals surface area contributed by atoms with Crippen molar-refractivity contribution in [1.29, 1.82) is 0 Å². The van der Waals surface area contributed by atoms with Crippen molar-refractivity contribution in [3.63, 3.8) is 0 Å². The Kier molecular flexibility index (Phi) is 37.1. The Balaban J connectivity index is 1.68. The third kappa shape index (κ3) is 28.4. The number of hydrogen-bond donors (Lipinski definition) is 7. The molecule has 67 heavy (non-hydrogen) atoms. The van der Waals surface area contributed by atoms with E-state index in [1.807, 2.05) is 0 Å². The number of aliphatic hydroxyl groups excluding tert-OH is 7. The van der Waals surface area contributed by atoms with Crippen LogP contribution in [0.1, 0.15) is 181 Å². The topological polar surface area (TPSA) is 214 Å². The van der Waals surface area contributed by atoms with Gasteiger partial charge in [0.15, 0.2) is 12.6 Å². The predicted octanol–water partition coefficient (Wildman–Crippen LogP) is 7.96.